The number of hydrogen-bond donors (Lipinski definition) is 2. The van der Waals surface area contributed by atoms with E-state index in [1.807, 2.05) is 23.6 Å². The minimum absolute atomic E-state index is 0.0959. The summed E-state index contributed by atoms with van der Waals surface area (Å²) in [4.78, 5) is 24.7. The standard InChI is InChI=1S/C22H23Cl2NO4S/c1-22(2,3)19(21(27)28)25-20(26)14-5-7-17-13(8-9-30-17)18(14)29-11-12-4-6-15(23)16(24)10-12/h4-10,13,17,19H,11H2,1-3H3,(H,25,26)(H,27,28)/t13?,17?,19-/m1/s1. The summed E-state index contributed by atoms with van der Waals surface area (Å²) in [5, 5.41) is 15.2. The number of nitrogens with one attached hydrogen (secondary N) is 1. The van der Waals surface area contributed by atoms with Crippen LogP contribution in [0.5, 0.6) is 0 Å². The summed E-state index contributed by atoms with van der Waals surface area (Å²) in [5.41, 5.74) is 0.502. The van der Waals surface area contributed by atoms with Gasteiger partial charge in [-0.1, -0.05) is 62.2 Å². The van der Waals surface area contributed by atoms with Crippen LogP contribution in [-0.2, 0) is 20.9 Å². The van der Waals surface area contributed by atoms with E-state index in [0.29, 0.717) is 21.4 Å². The second-order valence-electron chi connectivity index (χ2n) is 8.24. The summed E-state index contributed by atoms with van der Waals surface area (Å²) in [6.07, 6.45) is 5.65. The first-order chi connectivity index (χ1) is 14.1. The van der Waals surface area contributed by atoms with Crippen molar-refractivity contribution in [1.29, 1.82) is 0 Å². The highest BCUT2D eigenvalue weighted by Crippen LogP contribution is 2.41. The zero-order chi connectivity index (χ0) is 22.1. The highest BCUT2D eigenvalue weighted by molar-refractivity contribution is 8.03. The van der Waals surface area contributed by atoms with Crippen LogP contribution < -0.4 is 5.32 Å². The maximum absolute atomic E-state index is 13.0. The Morgan fingerprint density at radius 3 is 2.60 bits per heavy atom. The number of hydrogen-bond acceptors (Lipinski definition) is 4. The van der Waals surface area contributed by atoms with Crippen molar-refractivity contribution >= 4 is 46.8 Å². The summed E-state index contributed by atoms with van der Waals surface area (Å²) >= 11 is 13.7. The molecule has 30 heavy (non-hydrogen) atoms. The minimum Gasteiger partial charge on any atom is -0.492 e. The molecule has 0 bridgehead atoms. The molecule has 1 aromatic rings. The predicted octanol–water partition coefficient (Wildman–Crippen LogP) is 5.19. The molecule has 2 aliphatic rings. The van der Waals surface area contributed by atoms with Crippen LogP contribution in [-0.4, -0.2) is 28.3 Å². The van der Waals surface area contributed by atoms with Gasteiger partial charge >= 0.3 is 5.97 Å². The summed E-state index contributed by atoms with van der Waals surface area (Å²) in [6, 6.07) is 4.19. The second-order valence-corrected chi connectivity index (χ2v) is 10.1. The molecule has 0 saturated carbocycles. The third kappa shape index (κ3) is 5.05. The quantitative estimate of drug-likeness (QED) is 0.601. The lowest BCUT2D eigenvalue weighted by molar-refractivity contribution is -0.144. The molecule has 5 nitrogen and oxygen atoms in total. The molecule has 0 saturated heterocycles. The third-order valence-corrected chi connectivity index (χ3v) is 6.73. The van der Waals surface area contributed by atoms with Crippen molar-refractivity contribution in [3.8, 4) is 0 Å². The van der Waals surface area contributed by atoms with Crippen molar-refractivity contribution in [1.82, 2.24) is 5.32 Å². The Kier molecular flexibility index (Phi) is 6.90. The highest BCUT2D eigenvalue weighted by atomic mass is 35.5. The molecule has 0 spiro atoms. The second kappa shape index (κ2) is 9.08. The number of halogens is 2. The largest absolute Gasteiger partial charge is 0.492 e. The molecule has 1 aromatic carbocycles. The highest BCUT2D eigenvalue weighted by Gasteiger charge is 2.37. The SMILES string of the molecule is CC(C)(C)[C@H](NC(=O)C1=C(OCc2ccc(Cl)c(Cl)c2)C2C=CSC2C=C1)C(=O)O. The van der Waals surface area contributed by atoms with Gasteiger partial charge in [0.2, 0.25) is 0 Å². The molecule has 3 rings (SSSR count). The van der Waals surface area contributed by atoms with Gasteiger partial charge in [0.05, 0.1) is 21.5 Å². The van der Waals surface area contributed by atoms with Crippen LogP contribution in [0, 0.1) is 11.3 Å². The van der Waals surface area contributed by atoms with Gasteiger partial charge in [-0.05, 0) is 34.6 Å². The van der Waals surface area contributed by atoms with Crippen LogP contribution in [0.25, 0.3) is 0 Å². The van der Waals surface area contributed by atoms with Crippen molar-refractivity contribution in [2.45, 2.75) is 38.7 Å². The molecule has 1 aliphatic heterocycles. The van der Waals surface area contributed by atoms with E-state index >= 15 is 0 Å². The van der Waals surface area contributed by atoms with Crippen LogP contribution >= 0.6 is 35.0 Å². The lowest BCUT2D eigenvalue weighted by atomic mass is 9.86. The maximum Gasteiger partial charge on any atom is 0.326 e. The number of carboxylic acids is 1. The van der Waals surface area contributed by atoms with Crippen LogP contribution in [0.1, 0.15) is 26.3 Å². The number of aliphatic carboxylic acids is 1. The summed E-state index contributed by atoms with van der Waals surface area (Å²) < 4.78 is 6.09. The average Bonchev–Trinajstić information content (AvgIpc) is 3.14. The number of carboxylic acid groups (broad SMARTS) is 1. The van der Waals surface area contributed by atoms with Crippen molar-refractivity contribution in [2.24, 2.45) is 11.3 Å². The number of benzene rings is 1. The molecule has 1 aliphatic carbocycles. The zero-order valence-electron chi connectivity index (χ0n) is 16.8. The Balaban J connectivity index is 1.88. The minimum atomic E-state index is -1.08. The maximum atomic E-state index is 13.0. The molecule has 3 atom stereocenters. The average molecular weight is 468 g/mol. The van der Waals surface area contributed by atoms with Gasteiger partial charge in [0, 0.05) is 5.25 Å². The van der Waals surface area contributed by atoms with Gasteiger partial charge in [0.1, 0.15) is 18.4 Å². The lowest BCUT2D eigenvalue weighted by Crippen LogP contribution is -2.49. The van der Waals surface area contributed by atoms with E-state index in [0.717, 1.165) is 5.56 Å². The number of allylic oxidation sites excluding steroid dienone is 1. The molecule has 1 amide bonds. The smallest absolute Gasteiger partial charge is 0.326 e. The van der Waals surface area contributed by atoms with Gasteiger partial charge in [-0.2, -0.15) is 0 Å². The van der Waals surface area contributed by atoms with Crippen LogP contribution in [0.4, 0.5) is 0 Å². The molecule has 1 heterocycles. The fourth-order valence-electron chi connectivity index (χ4n) is 3.28. The number of fused-ring (bicyclic) bond motifs is 1. The number of ether oxygens (including phenoxy) is 1. The molecule has 8 heteroatoms. The molecule has 0 fully saturated rings. The topological polar surface area (TPSA) is 75.6 Å². The molecule has 160 valence electrons. The van der Waals surface area contributed by atoms with Crippen LogP contribution in [0.3, 0.4) is 0 Å². The van der Waals surface area contributed by atoms with E-state index in [1.165, 1.54) is 0 Å². The Hall–Kier alpha value is -1.89. The lowest BCUT2D eigenvalue weighted by Gasteiger charge is -2.30. The first-order valence-electron chi connectivity index (χ1n) is 9.43. The zero-order valence-corrected chi connectivity index (χ0v) is 19.1. The van der Waals surface area contributed by atoms with Crippen LogP contribution in [0.2, 0.25) is 10.0 Å². The van der Waals surface area contributed by atoms with E-state index < -0.39 is 23.3 Å². The Morgan fingerprint density at radius 2 is 1.97 bits per heavy atom. The summed E-state index contributed by atoms with van der Waals surface area (Å²) in [5.74, 6) is -1.13. The fraction of sp³-hybridized carbons (Fsp3) is 0.364. The van der Waals surface area contributed by atoms with Gasteiger partial charge in [0.15, 0.2) is 0 Å². The van der Waals surface area contributed by atoms with E-state index in [1.54, 1.807) is 50.7 Å². The number of carbonyl (C=O) groups excluding carboxylic acids is 1. The van der Waals surface area contributed by atoms with E-state index in [-0.39, 0.29) is 17.8 Å². The number of thioether (sulfide) groups is 1. The van der Waals surface area contributed by atoms with Gasteiger partial charge < -0.3 is 15.2 Å². The van der Waals surface area contributed by atoms with Gasteiger partial charge in [-0.15, -0.1) is 11.8 Å². The third-order valence-electron chi connectivity index (χ3n) is 4.91. The summed E-state index contributed by atoms with van der Waals surface area (Å²) in [7, 11) is 0. The van der Waals surface area contributed by atoms with Crippen molar-refractivity contribution in [2.75, 3.05) is 0 Å². The monoisotopic (exact) mass is 467 g/mol. The Bertz CT molecular complexity index is 949. The predicted molar refractivity (Wildman–Crippen MR) is 120 cm³/mol. The van der Waals surface area contributed by atoms with Gasteiger partial charge in [-0.3, -0.25) is 4.79 Å². The molecule has 0 radical (unpaired) electrons. The Morgan fingerprint density at radius 1 is 1.23 bits per heavy atom. The van der Waals surface area contributed by atoms with Crippen molar-refractivity contribution in [3.05, 3.63) is 68.8 Å². The number of rotatable bonds is 6. The molecular formula is C22H23Cl2NO4S. The first kappa shape index (κ1) is 22.8. The number of carbonyl (C=O) groups is 2. The van der Waals surface area contributed by atoms with Crippen molar-refractivity contribution < 1.29 is 19.4 Å². The molecule has 2 N–H and O–H groups in total. The van der Waals surface area contributed by atoms with Crippen LogP contribution in [0.15, 0.2) is 53.2 Å². The van der Waals surface area contributed by atoms with Crippen molar-refractivity contribution in [3.63, 3.8) is 0 Å². The van der Waals surface area contributed by atoms with Gasteiger partial charge in [-0.25, -0.2) is 4.79 Å². The number of amides is 1. The first-order valence-corrected chi connectivity index (χ1v) is 11.1. The Labute approximate surface area is 190 Å². The molecule has 2 unspecified atom stereocenters. The normalized spacial score (nSPS) is 21.4. The van der Waals surface area contributed by atoms with E-state index in [2.05, 4.69) is 5.32 Å². The van der Waals surface area contributed by atoms with E-state index in [9.17, 15) is 14.7 Å². The molecule has 0 aromatic heterocycles. The molecular weight excluding hydrogens is 445 g/mol. The fourth-order valence-corrected chi connectivity index (χ4v) is 4.59. The van der Waals surface area contributed by atoms with Gasteiger partial charge in [0.25, 0.3) is 5.91 Å². The van der Waals surface area contributed by atoms with E-state index in [4.69, 9.17) is 27.9 Å². The summed E-state index contributed by atoms with van der Waals surface area (Å²) in [6.45, 7) is 5.52.